The maximum atomic E-state index is 12.0. The molecule has 0 aliphatic heterocycles. The largest absolute Gasteiger partial charge is 0.454 e. The summed E-state index contributed by atoms with van der Waals surface area (Å²) in [4.78, 5) is 34.8. The van der Waals surface area contributed by atoms with Crippen LogP contribution in [0.25, 0.3) is 0 Å². The molecule has 23 heavy (non-hydrogen) atoms. The van der Waals surface area contributed by atoms with Crippen LogP contribution >= 0.6 is 15.9 Å². The molecular weight excluding hydrogens is 362 g/mol. The van der Waals surface area contributed by atoms with Crippen LogP contribution in [0.5, 0.6) is 0 Å². The number of Topliss-reactive ketones (excluding diaryl/α,β-unsaturated/α-hetero) is 1. The first-order chi connectivity index (χ1) is 11.0. The van der Waals surface area contributed by atoms with E-state index in [0.717, 1.165) is 4.47 Å². The van der Waals surface area contributed by atoms with E-state index < -0.39 is 5.97 Å². The lowest BCUT2D eigenvalue weighted by Crippen LogP contribution is -2.14. The molecule has 0 saturated carbocycles. The van der Waals surface area contributed by atoms with Gasteiger partial charge in [-0.2, -0.15) is 0 Å². The number of carbonyl (C=O) groups is 3. The van der Waals surface area contributed by atoms with Crippen LogP contribution in [-0.4, -0.2) is 24.3 Å². The standard InChI is InChI=1S/C17H14BrNO4/c1-11(20)19-15-7-5-12(6-8-15)17(22)23-10-16(21)13-3-2-4-14(18)9-13/h2-9H,10H2,1H3,(H,19,20). The van der Waals surface area contributed by atoms with Crippen LogP contribution in [0.4, 0.5) is 5.69 Å². The van der Waals surface area contributed by atoms with Gasteiger partial charge in [0.05, 0.1) is 5.56 Å². The molecule has 5 nitrogen and oxygen atoms in total. The first kappa shape index (κ1) is 16.9. The van der Waals surface area contributed by atoms with E-state index in [1.54, 1.807) is 36.4 Å². The van der Waals surface area contributed by atoms with Gasteiger partial charge in [-0.25, -0.2) is 4.79 Å². The van der Waals surface area contributed by atoms with Crippen LogP contribution in [0.1, 0.15) is 27.6 Å². The molecule has 0 saturated heterocycles. The number of rotatable bonds is 5. The van der Waals surface area contributed by atoms with Crippen molar-refractivity contribution >= 4 is 39.3 Å². The first-order valence-electron chi connectivity index (χ1n) is 6.79. The fourth-order valence-electron chi connectivity index (χ4n) is 1.85. The molecule has 0 aromatic heterocycles. The highest BCUT2D eigenvalue weighted by molar-refractivity contribution is 9.10. The molecular formula is C17H14BrNO4. The van der Waals surface area contributed by atoms with Gasteiger partial charge in [-0.15, -0.1) is 0 Å². The predicted octanol–water partition coefficient (Wildman–Crippen LogP) is 3.45. The van der Waals surface area contributed by atoms with Crippen LogP contribution in [0.3, 0.4) is 0 Å². The molecule has 0 bridgehead atoms. The fraction of sp³-hybridized carbons (Fsp3) is 0.118. The highest BCUT2D eigenvalue weighted by atomic mass is 79.9. The molecule has 0 fully saturated rings. The van der Waals surface area contributed by atoms with Crippen LogP contribution in [0, 0.1) is 0 Å². The molecule has 6 heteroatoms. The van der Waals surface area contributed by atoms with Gasteiger partial charge >= 0.3 is 5.97 Å². The highest BCUT2D eigenvalue weighted by Gasteiger charge is 2.12. The Morgan fingerprint density at radius 3 is 2.35 bits per heavy atom. The van der Waals surface area contributed by atoms with Crippen molar-refractivity contribution in [2.24, 2.45) is 0 Å². The average Bonchev–Trinajstić information content (AvgIpc) is 2.52. The van der Waals surface area contributed by atoms with E-state index >= 15 is 0 Å². The molecule has 0 aliphatic carbocycles. The molecule has 0 spiro atoms. The third-order valence-corrected chi connectivity index (χ3v) is 3.42. The van der Waals surface area contributed by atoms with Crippen molar-refractivity contribution < 1.29 is 19.1 Å². The molecule has 0 unspecified atom stereocenters. The molecule has 2 rings (SSSR count). The van der Waals surface area contributed by atoms with Crippen LogP contribution in [0.2, 0.25) is 0 Å². The second-order valence-corrected chi connectivity index (χ2v) is 5.68. The monoisotopic (exact) mass is 375 g/mol. The van der Waals surface area contributed by atoms with Gasteiger partial charge in [0.25, 0.3) is 0 Å². The summed E-state index contributed by atoms with van der Waals surface area (Å²) in [7, 11) is 0. The van der Waals surface area contributed by atoms with Gasteiger partial charge < -0.3 is 10.1 Å². The lowest BCUT2D eigenvalue weighted by Gasteiger charge is -2.06. The Morgan fingerprint density at radius 1 is 1.04 bits per heavy atom. The smallest absolute Gasteiger partial charge is 0.338 e. The third kappa shape index (κ3) is 5.03. The van der Waals surface area contributed by atoms with Gasteiger partial charge in [0, 0.05) is 22.6 Å². The van der Waals surface area contributed by atoms with Crippen molar-refractivity contribution in [3.63, 3.8) is 0 Å². The minimum Gasteiger partial charge on any atom is -0.454 e. The van der Waals surface area contributed by atoms with Crippen molar-refractivity contribution in [2.45, 2.75) is 6.92 Å². The number of halogens is 1. The molecule has 0 radical (unpaired) electrons. The summed E-state index contributed by atoms with van der Waals surface area (Å²) < 4.78 is 5.79. The van der Waals surface area contributed by atoms with Gasteiger partial charge in [-0.1, -0.05) is 28.1 Å². The summed E-state index contributed by atoms with van der Waals surface area (Å²) in [5, 5.41) is 2.60. The number of amides is 1. The lowest BCUT2D eigenvalue weighted by atomic mass is 10.1. The summed E-state index contributed by atoms with van der Waals surface area (Å²) in [6.45, 7) is 1.07. The molecule has 2 aromatic carbocycles. The average molecular weight is 376 g/mol. The Balaban J connectivity index is 1.94. The van der Waals surface area contributed by atoms with E-state index in [9.17, 15) is 14.4 Å². The molecule has 1 N–H and O–H groups in total. The number of ether oxygens (including phenoxy) is 1. The van der Waals surface area contributed by atoms with Crippen molar-refractivity contribution in [3.05, 3.63) is 64.1 Å². The minimum atomic E-state index is -0.595. The number of esters is 1. The summed E-state index contributed by atoms with van der Waals surface area (Å²) in [5.74, 6) is -1.07. The molecule has 118 valence electrons. The second kappa shape index (κ2) is 7.69. The number of ketones is 1. The Hall–Kier alpha value is -2.47. The zero-order valence-corrected chi connectivity index (χ0v) is 13.9. The lowest BCUT2D eigenvalue weighted by molar-refractivity contribution is -0.114. The molecule has 0 atom stereocenters. The van der Waals surface area contributed by atoms with Crippen LogP contribution in [-0.2, 0) is 9.53 Å². The van der Waals surface area contributed by atoms with Crippen molar-refractivity contribution in [3.8, 4) is 0 Å². The number of hydrogen-bond acceptors (Lipinski definition) is 4. The van der Waals surface area contributed by atoms with Crippen molar-refractivity contribution in [1.82, 2.24) is 0 Å². The van der Waals surface area contributed by atoms with Gasteiger partial charge in [0.2, 0.25) is 5.91 Å². The molecule has 2 aromatic rings. The van der Waals surface area contributed by atoms with E-state index in [1.165, 1.54) is 19.1 Å². The predicted molar refractivity (Wildman–Crippen MR) is 89.5 cm³/mol. The van der Waals surface area contributed by atoms with E-state index in [0.29, 0.717) is 16.8 Å². The highest BCUT2D eigenvalue weighted by Crippen LogP contribution is 2.13. The molecule has 1 amide bonds. The normalized spacial score (nSPS) is 10.0. The van der Waals surface area contributed by atoms with E-state index in [4.69, 9.17) is 4.74 Å². The van der Waals surface area contributed by atoms with Gasteiger partial charge in [0.1, 0.15) is 0 Å². The first-order valence-corrected chi connectivity index (χ1v) is 7.58. The third-order valence-electron chi connectivity index (χ3n) is 2.92. The summed E-state index contributed by atoms with van der Waals surface area (Å²) in [6, 6.07) is 13.1. The topological polar surface area (TPSA) is 72.5 Å². The Morgan fingerprint density at radius 2 is 1.74 bits per heavy atom. The zero-order chi connectivity index (χ0) is 16.8. The Labute approximate surface area is 141 Å². The van der Waals surface area contributed by atoms with E-state index in [-0.39, 0.29) is 18.3 Å². The minimum absolute atomic E-state index is 0.194. The van der Waals surface area contributed by atoms with Crippen LogP contribution < -0.4 is 5.32 Å². The maximum absolute atomic E-state index is 12.0. The quantitative estimate of drug-likeness (QED) is 0.641. The fourth-order valence-corrected chi connectivity index (χ4v) is 2.25. The molecule has 0 aliphatic rings. The maximum Gasteiger partial charge on any atom is 0.338 e. The number of anilines is 1. The Kier molecular flexibility index (Phi) is 5.65. The SMILES string of the molecule is CC(=O)Nc1ccc(C(=O)OCC(=O)c2cccc(Br)c2)cc1. The van der Waals surface area contributed by atoms with Crippen LogP contribution in [0.15, 0.2) is 53.0 Å². The van der Waals surface area contributed by atoms with Crippen molar-refractivity contribution in [2.75, 3.05) is 11.9 Å². The number of carbonyl (C=O) groups excluding carboxylic acids is 3. The van der Waals surface area contributed by atoms with Crippen molar-refractivity contribution in [1.29, 1.82) is 0 Å². The van der Waals surface area contributed by atoms with Gasteiger partial charge in [-0.05, 0) is 36.4 Å². The van der Waals surface area contributed by atoms with E-state index in [1.807, 2.05) is 0 Å². The Bertz CT molecular complexity index is 741. The molecule has 0 heterocycles. The summed E-state index contributed by atoms with van der Waals surface area (Å²) >= 11 is 3.28. The number of nitrogens with one attached hydrogen (secondary N) is 1. The van der Waals surface area contributed by atoms with E-state index in [2.05, 4.69) is 21.2 Å². The summed E-state index contributed by atoms with van der Waals surface area (Å²) in [6.07, 6.45) is 0. The second-order valence-electron chi connectivity index (χ2n) is 4.77. The van der Waals surface area contributed by atoms with Gasteiger partial charge in [-0.3, -0.25) is 9.59 Å². The number of hydrogen-bond donors (Lipinski definition) is 1. The van der Waals surface area contributed by atoms with Gasteiger partial charge in [0.15, 0.2) is 12.4 Å². The zero-order valence-electron chi connectivity index (χ0n) is 12.3. The summed E-state index contributed by atoms with van der Waals surface area (Å²) in [5.41, 5.74) is 1.36. The number of benzene rings is 2.